The molecule has 0 amide bonds. The Hall–Kier alpha value is -0.590. The molecule has 0 radical (unpaired) electrons. The van der Waals surface area contributed by atoms with Crippen LogP contribution in [0.5, 0.6) is 5.06 Å². The minimum atomic E-state index is -1.04. The Morgan fingerprint density at radius 3 is 2.85 bits per heavy atom. The van der Waals surface area contributed by atoms with E-state index < -0.39 is 12.0 Å². The summed E-state index contributed by atoms with van der Waals surface area (Å²) in [5, 5.41) is 9.27. The second-order valence-electron chi connectivity index (χ2n) is 2.30. The molecule has 0 saturated heterocycles. The van der Waals surface area contributed by atoms with Crippen molar-refractivity contribution < 1.29 is 14.6 Å². The number of methoxy groups -OCH3 is 1. The number of hydrogen-bond donors (Lipinski definition) is 2. The Labute approximate surface area is 87.4 Å². The zero-order chi connectivity index (χ0) is 10.0. The van der Waals surface area contributed by atoms with Crippen LogP contribution >= 0.6 is 27.3 Å². The fourth-order valence-electron chi connectivity index (χ4n) is 0.783. The lowest BCUT2D eigenvalue weighted by Crippen LogP contribution is -2.19. The zero-order valence-electron chi connectivity index (χ0n) is 6.78. The van der Waals surface area contributed by atoms with Crippen LogP contribution in [0.4, 0.5) is 0 Å². The number of thiophene rings is 1. The molecular weight excluding hydrogens is 258 g/mol. The van der Waals surface area contributed by atoms with Gasteiger partial charge in [0.25, 0.3) is 0 Å². The van der Waals surface area contributed by atoms with Crippen molar-refractivity contribution in [1.29, 1.82) is 0 Å². The summed E-state index contributed by atoms with van der Waals surface area (Å²) in [4.78, 5) is 11.1. The molecular formula is C7H8BrNO3S. The van der Waals surface area contributed by atoms with Crippen molar-refractivity contribution in [3.63, 3.8) is 0 Å². The van der Waals surface area contributed by atoms with Gasteiger partial charge in [-0.1, -0.05) is 0 Å². The Balaban J connectivity index is 2.96. The van der Waals surface area contributed by atoms with Crippen molar-refractivity contribution in [3.05, 3.63) is 15.4 Å². The molecule has 0 aliphatic carbocycles. The van der Waals surface area contributed by atoms with Gasteiger partial charge in [-0.05, 0) is 22.0 Å². The van der Waals surface area contributed by atoms with E-state index in [0.29, 0.717) is 9.94 Å². The van der Waals surface area contributed by atoms with Crippen LogP contribution in [-0.4, -0.2) is 18.2 Å². The first kappa shape index (κ1) is 10.5. The molecule has 0 aliphatic heterocycles. The molecule has 0 aromatic carbocycles. The first-order valence-corrected chi connectivity index (χ1v) is 4.98. The molecule has 6 heteroatoms. The standard InChI is InChI=1S/C7H8BrNO3S/c1-12-7-3(8)2-4(13-7)5(9)6(10)11/h2,5H,9H2,1H3,(H,10,11). The Kier molecular flexibility index (Phi) is 3.29. The number of carboxylic acid groups (broad SMARTS) is 1. The number of ether oxygens (including phenoxy) is 1. The summed E-state index contributed by atoms with van der Waals surface area (Å²) in [6.07, 6.45) is 0. The van der Waals surface area contributed by atoms with E-state index in [9.17, 15) is 4.79 Å². The number of carbonyl (C=O) groups is 1. The lowest BCUT2D eigenvalue weighted by Gasteiger charge is -2.00. The molecule has 1 unspecified atom stereocenters. The van der Waals surface area contributed by atoms with Gasteiger partial charge in [-0.25, -0.2) is 0 Å². The lowest BCUT2D eigenvalue weighted by atomic mass is 10.3. The summed E-state index contributed by atoms with van der Waals surface area (Å²) < 4.78 is 5.71. The quantitative estimate of drug-likeness (QED) is 0.871. The van der Waals surface area contributed by atoms with E-state index in [4.69, 9.17) is 15.6 Å². The van der Waals surface area contributed by atoms with Gasteiger partial charge < -0.3 is 15.6 Å². The van der Waals surface area contributed by atoms with Gasteiger partial charge in [-0.2, -0.15) is 0 Å². The topological polar surface area (TPSA) is 72.5 Å². The third-order valence-electron chi connectivity index (χ3n) is 1.43. The predicted octanol–water partition coefficient (Wildman–Crippen LogP) is 1.60. The SMILES string of the molecule is COc1sc(C(N)C(=O)O)cc1Br. The second kappa shape index (κ2) is 4.08. The van der Waals surface area contributed by atoms with E-state index in [1.165, 1.54) is 18.4 Å². The lowest BCUT2D eigenvalue weighted by molar-refractivity contribution is -0.138. The van der Waals surface area contributed by atoms with Crippen LogP contribution in [0.1, 0.15) is 10.9 Å². The van der Waals surface area contributed by atoms with Crippen LogP contribution in [0.3, 0.4) is 0 Å². The maximum Gasteiger partial charge on any atom is 0.325 e. The molecule has 72 valence electrons. The monoisotopic (exact) mass is 265 g/mol. The maximum absolute atomic E-state index is 10.5. The summed E-state index contributed by atoms with van der Waals surface area (Å²) in [6.45, 7) is 0. The van der Waals surface area contributed by atoms with Gasteiger partial charge in [-0.15, -0.1) is 11.3 Å². The molecule has 0 aliphatic rings. The van der Waals surface area contributed by atoms with Gasteiger partial charge in [0.1, 0.15) is 6.04 Å². The van der Waals surface area contributed by atoms with Crippen LogP contribution in [0.15, 0.2) is 10.5 Å². The number of rotatable bonds is 3. The Morgan fingerprint density at radius 1 is 1.85 bits per heavy atom. The fraction of sp³-hybridized carbons (Fsp3) is 0.286. The number of carboxylic acids is 1. The zero-order valence-corrected chi connectivity index (χ0v) is 9.18. The summed E-state index contributed by atoms with van der Waals surface area (Å²) in [5.41, 5.74) is 5.41. The molecule has 3 N–H and O–H groups in total. The molecule has 1 heterocycles. The van der Waals surface area contributed by atoms with Gasteiger partial charge in [-0.3, -0.25) is 4.79 Å². The van der Waals surface area contributed by atoms with E-state index in [1.54, 1.807) is 6.07 Å². The highest BCUT2D eigenvalue weighted by molar-refractivity contribution is 9.10. The first-order valence-electron chi connectivity index (χ1n) is 3.38. The minimum absolute atomic E-state index is 0.566. The van der Waals surface area contributed by atoms with Crippen LogP contribution in [0, 0.1) is 0 Å². The fourth-order valence-corrected chi connectivity index (χ4v) is 2.44. The smallest absolute Gasteiger partial charge is 0.325 e. The Morgan fingerprint density at radius 2 is 2.46 bits per heavy atom. The van der Waals surface area contributed by atoms with E-state index in [1.807, 2.05) is 0 Å². The maximum atomic E-state index is 10.5. The molecule has 13 heavy (non-hydrogen) atoms. The van der Waals surface area contributed by atoms with E-state index in [2.05, 4.69) is 15.9 Å². The van der Waals surface area contributed by atoms with E-state index in [-0.39, 0.29) is 0 Å². The number of halogens is 1. The molecule has 0 fully saturated rings. The van der Waals surface area contributed by atoms with Gasteiger partial charge in [0.2, 0.25) is 0 Å². The molecule has 1 rings (SSSR count). The average molecular weight is 266 g/mol. The van der Waals surface area contributed by atoms with Crippen LogP contribution in [-0.2, 0) is 4.79 Å². The van der Waals surface area contributed by atoms with Crippen molar-refractivity contribution in [3.8, 4) is 5.06 Å². The van der Waals surface area contributed by atoms with Crippen LogP contribution in [0.25, 0.3) is 0 Å². The normalized spacial score (nSPS) is 12.5. The second-order valence-corrected chi connectivity index (χ2v) is 4.20. The third-order valence-corrected chi connectivity index (χ3v) is 3.46. The highest BCUT2D eigenvalue weighted by Gasteiger charge is 2.18. The highest BCUT2D eigenvalue weighted by atomic mass is 79.9. The van der Waals surface area contributed by atoms with Crippen molar-refractivity contribution in [2.24, 2.45) is 5.73 Å². The Bertz CT molecular complexity index is 326. The molecule has 0 spiro atoms. The van der Waals surface area contributed by atoms with Crippen molar-refractivity contribution in [1.82, 2.24) is 0 Å². The van der Waals surface area contributed by atoms with Gasteiger partial charge >= 0.3 is 5.97 Å². The molecule has 1 aromatic heterocycles. The summed E-state index contributed by atoms with van der Waals surface area (Å²) in [6, 6.07) is 0.674. The van der Waals surface area contributed by atoms with Crippen LogP contribution < -0.4 is 10.5 Å². The number of aliphatic carboxylic acids is 1. The molecule has 1 aromatic rings. The van der Waals surface area contributed by atoms with E-state index >= 15 is 0 Å². The number of hydrogen-bond acceptors (Lipinski definition) is 4. The molecule has 0 bridgehead atoms. The van der Waals surface area contributed by atoms with Crippen molar-refractivity contribution in [2.45, 2.75) is 6.04 Å². The van der Waals surface area contributed by atoms with Gasteiger partial charge in [0.05, 0.1) is 11.6 Å². The molecule has 1 atom stereocenters. The largest absolute Gasteiger partial charge is 0.486 e. The number of nitrogens with two attached hydrogens (primary N) is 1. The predicted molar refractivity (Wildman–Crippen MR) is 53.1 cm³/mol. The highest BCUT2D eigenvalue weighted by Crippen LogP contribution is 2.36. The summed E-state index contributed by atoms with van der Waals surface area (Å²) in [7, 11) is 1.52. The van der Waals surface area contributed by atoms with Gasteiger partial charge in [0, 0.05) is 4.88 Å². The summed E-state index contributed by atoms with van der Waals surface area (Å²) >= 11 is 4.45. The minimum Gasteiger partial charge on any atom is -0.486 e. The molecule has 4 nitrogen and oxygen atoms in total. The van der Waals surface area contributed by atoms with Gasteiger partial charge in [0.15, 0.2) is 5.06 Å². The summed E-state index contributed by atoms with van der Waals surface area (Å²) in [5.74, 6) is -1.04. The van der Waals surface area contributed by atoms with Crippen LogP contribution in [0.2, 0.25) is 0 Å². The third kappa shape index (κ3) is 2.20. The molecule has 0 saturated carbocycles. The first-order chi connectivity index (χ1) is 6.06. The van der Waals surface area contributed by atoms with Crippen molar-refractivity contribution in [2.75, 3.05) is 7.11 Å². The van der Waals surface area contributed by atoms with E-state index in [0.717, 1.165) is 4.47 Å². The average Bonchev–Trinajstić information content (AvgIpc) is 2.45. The van der Waals surface area contributed by atoms with Crippen molar-refractivity contribution >= 4 is 33.2 Å².